The second kappa shape index (κ2) is 6.44. The van der Waals surface area contributed by atoms with Crippen molar-refractivity contribution in [3.63, 3.8) is 0 Å². The smallest absolute Gasteiger partial charge is 0.251 e. The Kier molecular flexibility index (Phi) is 4.19. The molecule has 4 nitrogen and oxygen atoms in total. The molecule has 3 rings (SSSR count). The van der Waals surface area contributed by atoms with Crippen LogP contribution in [0.4, 0.5) is 4.39 Å². The number of amides is 1. The van der Waals surface area contributed by atoms with Crippen molar-refractivity contribution in [3.8, 4) is 11.3 Å². The fourth-order valence-corrected chi connectivity index (χ4v) is 2.13. The van der Waals surface area contributed by atoms with Crippen LogP contribution in [0.5, 0.6) is 0 Å². The van der Waals surface area contributed by atoms with Crippen LogP contribution in [0.15, 0.2) is 59.1 Å². The number of halogens is 1. The lowest BCUT2D eigenvalue weighted by Crippen LogP contribution is -2.22. The zero-order chi connectivity index (χ0) is 16.2. The van der Waals surface area contributed by atoms with Crippen molar-refractivity contribution in [1.29, 1.82) is 0 Å². The molecule has 0 bridgehead atoms. The first-order valence-corrected chi connectivity index (χ1v) is 7.18. The SMILES string of the molecule is Cc1ccc(-c2cc(CNC(=O)c3ccc(F)cc3)on2)cc1. The number of carbonyl (C=O) groups excluding carboxylic acids is 1. The van der Waals surface area contributed by atoms with Gasteiger partial charge in [0.05, 0.1) is 6.54 Å². The first kappa shape index (κ1) is 15.0. The summed E-state index contributed by atoms with van der Waals surface area (Å²) in [5, 5.41) is 6.72. The van der Waals surface area contributed by atoms with Gasteiger partial charge < -0.3 is 9.84 Å². The Labute approximate surface area is 132 Å². The summed E-state index contributed by atoms with van der Waals surface area (Å²) in [6.07, 6.45) is 0. The maximum Gasteiger partial charge on any atom is 0.251 e. The number of nitrogens with zero attached hydrogens (tertiary/aromatic N) is 1. The molecular weight excluding hydrogens is 295 g/mol. The fraction of sp³-hybridized carbons (Fsp3) is 0.111. The molecule has 0 aliphatic carbocycles. The highest BCUT2D eigenvalue weighted by molar-refractivity contribution is 5.94. The van der Waals surface area contributed by atoms with Crippen molar-refractivity contribution < 1.29 is 13.7 Å². The number of nitrogens with one attached hydrogen (secondary N) is 1. The van der Waals surface area contributed by atoms with Crippen LogP contribution in [-0.4, -0.2) is 11.1 Å². The summed E-state index contributed by atoms with van der Waals surface area (Å²) < 4.78 is 18.1. The van der Waals surface area contributed by atoms with E-state index in [2.05, 4.69) is 10.5 Å². The molecule has 0 aliphatic rings. The Hall–Kier alpha value is -2.95. The Morgan fingerprint density at radius 2 is 1.83 bits per heavy atom. The Morgan fingerprint density at radius 3 is 2.52 bits per heavy atom. The zero-order valence-electron chi connectivity index (χ0n) is 12.5. The summed E-state index contributed by atoms with van der Waals surface area (Å²) in [4.78, 5) is 11.9. The topological polar surface area (TPSA) is 55.1 Å². The van der Waals surface area contributed by atoms with Crippen molar-refractivity contribution in [2.45, 2.75) is 13.5 Å². The number of carbonyl (C=O) groups is 1. The lowest BCUT2D eigenvalue weighted by atomic mass is 10.1. The predicted molar refractivity (Wildman–Crippen MR) is 84.2 cm³/mol. The van der Waals surface area contributed by atoms with E-state index in [1.807, 2.05) is 31.2 Å². The van der Waals surface area contributed by atoms with Gasteiger partial charge in [-0.05, 0) is 31.2 Å². The van der Waals surface area contributed by atoms with E-state index in [1.165, 1.54) is 29.8 Å². The summed E-state index contributed by atoms with van der Waals surface area (Å²) in [6, 6.07) is 15.1. The standard InChI is InChI=1S/C18H15FN2O2/c1-12-2-4-13(5-3-12)17-10-16(23-21-17)11-20-18(22)14-6-8-15(19)9-7-14/h2-10H,11H2,1H3,(H,20,22). The lowest BCUT2D eigenvalue weighted by Gasteiger charge is -2.02. The zero-order valence-corrected chi connectivity index (χ0v) is 12.5. The summed E-state index contributed by atoms with van der Waals surface area (Å²) in [6.45, 7) is 2.23. The van der Waals surface area contributed by atoms with E-state index in [4.69, 9.17) is 4.52 Å². The highest BCUT2D eigenvalue weighted by Crippen LogP contribution is 2.19. The molecule has 0 saturated carbocycles. The van der Waals surface area contributed by atoms with Crippen molar-refractivity contribution in [3.05, 3.63) is 77.3 Å². The van der Waals surface area contributed by atoms with E-state index >= 15 is 0 Å². The molecule has 1 heterocycles. The molecule has 0 atom stereocenters. The third-order valence-electron chi connectivity index (χ3n) is 3.44. The van der Waals surface area contributed by atoms with Crippen LogP contribution in [0.25, 0.3) is 11.3 Å². The molecule has 1 N–H and O–H groups in total. The Balaban J connectivity index is 1.64. The van der Waals surface area contributed by atoms with Gasteiger partial charge in [-0.3, -0.25) is 4.79 Å². The van der Waals surface area contributed by atoms with Crippen LogP contribution < -0.4 is 5.32 Å². The van der Waals surface area contributed by atoms with Gasteiger partial charge in [0, 0.05) is 17.2 Å². The van der Waals surface area contributed by atoms with Crippen LogP contribution >= 0.6 is 0 Å². The summed E-state index contributed by atoms with van der Waals surface area (Å²) in [5.41, 5.74) is 3.24. The largest absolute Gasteiger partial charge is 0.359 e. The Morgan fingerprint density at radius 1 is 1.13 bits per heavy atom. The number of rotatable bonds is 4. The quantitative estimate of drug-likeness (QED) is 0.799. The van der Waals surface area contributed by atoms with Gasteiger partial charge in [0.2, 0.25) is 0 Å². The number of aromatic nitrogens is 1. The van der Waals surface area contributed by atoms with Crippen molar-refractivity contribution in [2.24, 2.45) is 0 Å². The molecule has 0 radical (unpaired) electrons. The molecule has 0 fully saturated rings. The minimum atomic E-state index is -0.375. The van der Waals surface area contributed by atoms with Gasteiger partial charge in [-0.15, -0.1) is 0 Å². The molecule has 3 aromatic rings. The third kappa shape index (κ3) is 3.63. The van der Waals surface area contributed by atoms with Gasteiger partial charge in [-0.2, -0.15) is 0 Å². The molecule has 0 spiro atoms. The van der Waals surface area contributed by atoms with Crippen LogP contribution in [0.3, 0.4) is 0 Å². The van der Waals surface area contributed by atoms with Crippen molar-refractivity contribution in [1.82, 2.24) is 10.5 Å². The van der Waals surface area contributed by atoms with Crippen molar-refractivity contribution in [2.75, 3.05) is 0 Å². The molecule has 0 aliphatic heterocycles. The van der Waals surface area contributed by atoms with Gasteiger partial charge in [-0.25, -0.2) is 4.39 Å². The molecule has 23 heavy (non-hydrogen) atoms. The van der Waals surface area contributed by atoms with Gasteiger partial charge in [-0.1, -0.05) is 35.0 Å². The van der Waals surface area contributed by atoms with Gasteiger partial charge in [0.1, 0.15) is 11.5 Å². The predicted octanol–water partition coefficient (Wildman–Crippen LogP) is 3.72. The lowest BCUT2D eigenvalue weighted by molar-refractivity contribution is 0.0947. The molecular formula is C18H15FN2O2. The maximum absolute atomic E-state index is 12.8. The molecule has 1 amide bonds. The average Bonchev–Trinajstić information content (AvgIpc) is 3.03. The van der Waals surface area contributed by atoms with Crippen LogP contribution in [0.1, 0.15) is 21.7 Å². The van der Waals surface area contributed by atoms with E-state index in [1.54, 1.807) is 6.07 Å². The van der Waals surface area contributed by atoms with Gasteiger partial charge in [0.25, 0.3) is 5.91 Å². The summed E-state index contributed by atoms with van der Waals surface area (Å²) >= 11 is 0. The fourth-order valence-electron chi connectivity index (χ4n) is 2.13. The number of hydrogen-bond donors (Lipinski definition) is 1. The molecule has 0 saturated heterocycles. The summed E-state index contributed by atoms with van der Waals surface area (Å²) in [7, 11) is 0. The number of aryl methyl sites for hydroxylation is 1. The minimum absolute atomic E-state index is 0.217. The molecule has 0 unspecified atom stereocenters. The molecule has 2 aromatic carbocycles. The second-order valence-electron chi connectivity index (χ2n) is 5.23. The minimum Gasteiger partial charge on any atom is -0.359 e. The highest BCUT2D eigenvalue weighted by Gasteiger charge is 2.09. The molecule has 5 heteroatoms. The van der Waals surface area contributed by atoms with E-state index < -0.39 is 0 Å². The van der Waals surface area contributed by atoms with Crippen LogP contribution in [-0.2, 0) is 6.54 Å². The van der Waals surface area contributed by atoms with E-state index in [9.17, 15) is 9.18 Å². The van der Waals surface area contributed by atoms with Gasteiger partial charge in [0.15, 0.2) is 5.76 Å². The van der Waals surface area contributed by atoms with Crippen molar-refractivity contribution >= 4 is 5.91 Å². The van der Waals surface area contributed by atoms with Gasteiger partial charge >= 0.3 is 0 Å². The second-order valence-corrected chi connectivity index (χ2v) is 5.23. The number of hydrogen-bond acceptors (Lipinski definition) is 3. The van der Waals surface area contributed by atoms with E-state index in [0.29, 0.717) is 11.3 Å². The van der Waals surface area contributed by atoms with E-state index in [-0.39, 0.29) is 18.3 Å². The third-order valence-corrected chi connectivity index (χ3v) is 3.44. The van der Waals surface area contributed by atoms with E-state index in [0.717, 1.165) is 11.3 Å². The Bertz CT molecular complexity index is 808. The first-order chi connectivity index (χ1) is 11.1. The monoisotopic (exact) mass is 310 g/mol. The highest BCUT2D eigenvalue weighted by atomic mass is 19.1. The normalized spacial score (nSPS) is 10.5. The number of benzene rings is 2. The average molecular weight is 310 g/mol. The maximum atomic E-state index is 12.8. The molecule has 116 valence electrons. The molecule has 1 aromatic heterocycles. The summed E-state index contributed by atoms with van der Waals surface area (Å²) in [5.74, 6) is -0.117. The first-order valence-electron chi connectivity index (χ1n) is 7.18. The van der Waals surface area contributed by atoms with Crippen LogP contribution in [0, 0.1) is 12.7 Å². The van der Waals surface area contributed by atoms with Crippen LogP contribution in [0.2, 0.25) is 0 Å².